The van der Waals surface area contributed by atoms with Gasteiger partial charge in [0.25, 0.3) is 0 Å². The molecule has 0 aromatic heterocycles. The normalized spacial score (nSPS) is 10.6. The van der Waals surface area contributed by atoms with Gasteiger partial charge in [0, 0.05) is 11.5 Å². The van der Waals surface area contributed by atoms with Crippen LogP contribution in [0.15, 0.2) is 0 Å². The van der Waals surface area contributed by atoms with Crippen molar-refractivity contribution in [3.63, 3.8) is 0 Å². The molecule has 0 aromatic rings. The van der Waals surface area contributed by atoms with Crippen molar-refractivity contribution in [2.75, 3.05) is 24.7 Å². The molecule has 0 heterocycles. The molecule has 248 valence electrons. The lowest BCUT2D eigenvalue weighted by atomic mass is 10.1. The van der Waals surface area contributed by atoms with Crippen LogP contribution in [-0.2, 0) is 19.1 Å². The van der Waals surface area contributed by atoms with Gasteiger partial charge in [-0.05, 0) is 12.8 Å². The number of ether oxygens (including phenoxy) is 2. The number of esters is 2. The topological polar surface area (TPSA) is 52.6 Å². The first-order valence-corrected chi connectivity index (χ1v) is 18.2. The van der Waals surface area contributed by atoms with Crippen LogP contribution in [0.1, 0.15) is 181 Å². The quantitative estimate of drug-likeness (QED) is 0.0542. The Morgan fingerprint density at radius 3 is 0.927 bits per heavy atom. The average Bonchev–Trinajstić information content (AvgIpc) is 2.93. The predicted molar refractivity (Wildman–Crippen MR) is 191 cm³/mol. The third kappa shape index (κ3) is 40.0. The van der Waals surface area contributed by atoms with Crippen LogP contribution in [0.4, 0.5) is 0 Å². The van der Waals surface area contributed by atoms with E-state index in [1.807, 2.05) is 0 Å². The Balaban J connectivity index is -0.00000722. The second-order valence-electron chi connectivity index (χ2n) is 11.3. The minimum atomic E-state index is -0.111. The summed E-state index contributed by atoms with van der Waals surface area (Å²) >= 11 is 1.63. The van der Waals surface area contributed by atoms with Crippen LogP contribution < -0.4 is 0 Å². The molecule has 0 atom stereocenters. The number of carbonyl (C=O) groups excluding carboxylic acids is 2. The smallest absolute Gasteiger partial charge is 0.306 e. The second kappa shape index (κ2) is 40.0. The Labute approximate surface area is 274 Å². The summed E-state index contributed by atoms with van der Waals surface area (Å²) in [6.45, 7) is 5.63. The number of thioether (sulfide) groups is 1. The van der Waals surface area contributed by atoms with Crippen molar-refractivity contribution < 1.29 is 19.1 Å². The first kappa shape index (κ1) is 45.4. The van der Waals surface area contributed by atoms with Gasteiger partial charge in [0.2, 0.25) is 0 Å². The summed E-state index contributed by atoms with van der Waals surface area (Å²) in [7, 11) is 0. The summed E-state index contributed by atoms with van der Waals surface area (Å²) < 4.78 is 10.7. The monoisotopic (exact) mass is 638 g/mol. The van der Waals surface area contributed by atoms with Gasteiger partial charge in [-0.1, -0.05) is 155 Å². The van der Waals surface area contributed by atoms with E-state index in [2.05, 4.69) is 13.8 Å². The van der Waals surface area contributed by atoms with E-state index in [0.29, 0.717) is 37.6 Å². The number of hydrogen-bond acceptors (Lipinski definition) is 5. The number of unbranched alkanes of at least 4 members (excludes halogenated alkanes) is 22. The Morgan fingerprint density at radius 2 is 0.659 bits per heavy atom. The average molecular weight is 639 g/mol. The van der Waals surface area contributed by atoms with Crippen LogP contribution in [0.3, 0.4) is 0 Å². The maximum atomic E-state index is 11.9. The van der Waals surface area contributed by atoms with Gasteiger partial charge in [0.15, 0.2) is 0 Å². The van der Waals surface area contributed by atoms with Gasteiger partial charge in [0.05, 0.1) is 26.1 Å². The van der Waals surface area contributed by atoms with Crippen molar-refractivity contribution in [3.05, 3.63) is 0 Å². The molecule has 41 heavy (non-hydrogen) atoms. The molecule has 0 spiro atoms. The number of rotatable bonds is 32. The Morgan fingerprint density at radius 1 is 0.415 bits per heavy atom. The fourth-order valence-corrected chi connectivity index (χ4v) is 5.64. The van der Waals surface area contributed by atoms with Crippen molar-refractivity contribution in [1.82, 2.24) is 0 Å². The Kier molecular flexibility index (Phi) is 44.3. The van der Waals surface area contributed by atoms with Gasteiger partial charge in [-0.25, -0.2) is 0 Å². The van der Waals surface area contributed by atoms with Gasteiger partial charge in [0.1, 0.15) is 0 Å². The standard InChI is InChI=1S/C34H66O4S.2H2S/c1-3-5-7-9-11-13-15-17-19-21-23-25-29-37-33(35)27-31-39-32-28-34(36)38-30-26-24-22-20-18-16-14-12-10-8-6-4-2;;/h3-32H2,1-2H3;2*1H2. The Hall–Kier alpha value is -0.0100. The van der Waals surface area contributed by atoms with Gasteiger partial charge < -0.3 is 9.47 Å². The minimum absolute atomic E-state index is 0. The molecule has 7 heteroatoms. The summed E-state index contributed by atoms with van der Waals surface area (Å²) in [6, 6.07) is 0. The molecule has 0 aliphatic rings. The Bertz CT molecular complexity index is 476. The molecular formula is C34H70O4S3. The zero-order chi connectivity index (χ0) is 28.5. The van der Waals surface area contributed by atoms with E-state index in [-0.39, 0.29) is 38.9 Å². The molecule has 0 N–H and O–H groups in total. The molecule has 0 amide bonds. The van der Waals surface area contributed by atoms with E-state index in [4.69, 9.17) is 9.47 Å². The molecule has 0 aliphatic carbocycles. The van der Waals surface area contributed by atoms with E-state index >= 15 is 0 Å². The summed E-state index contributed by atoms with van der Waals surface area (Å²) in [5, 5.41) is 0. The zero-order valence-corrected chi connectivity index (χ0v) is 30.1. The van der Waals surface area contributed by atoms with Crippen LogP contribution in [0, 0.1) is 0 Å². The highest BCUT2D eigenvalue weighted by atomic mass is 32.2. The highest BCUT2D eigenvalue weighted by Crippen LogP contribution is 2.13. The summed E-state index contributed by atoms with van der Waals surface area (Å²) in [6.07, 6.45) is 32.3. The van der Waals surface area contributed by atoms with Gasteiger partial charge in [-0.15, -0.1) is 0 Å². The molecule has 0 saturated heterocycles. The van der Waals surface area contributed by atoms with Crippen molar-refractivity contribution in [2.45, 2.75) is 181 Å². The van der Waals surface area contributed by atoms with Crippen molar-refractivity contribution >= 4 is 50.7 Å². The van der Waals surface area contributed by atoms with E-state index < -0.39 is 0 Å². The van der Waals surface area contributed by atoms with Gasteiger partial charge >= 0.3 is 11.9 Å². The van der Waals surface area contributed by atoms with E-state index in [9.17, 15) is 9.59 Å². The number of carbonyl (C=O) groups is 2. The van der Waals surface area contributed by atoms with Crippen molar-refractivity contribution in [2.24, 2.45) is 0 Å². The van der Waals surface area contributed by atoms with Crippen LogP contribution in [0.5, 0.6) is 0 Å². The third-order valence-electron chi connectivity index (χ3n) is 7.42. The largest absolute Gasteiger partial charge is 0.466 e. The summed E-state index contributed by atoms with van der Waals surface area (Å²) in [5.41, 5.74) is 0. The van der Waals surface area contributed by atoms with Gasteiger partial charge in [-0.3, -0.25) is 9.59 Å². The lowest BCUT2D eigenvalue weighted by Gasteiger charge is -2.06. The molecule has 4 nitrogen and oxygen atoms in total. The van der Waals surface area contributed by atoms with Crippen molar-refractivity contribution in [1.29, 1.82) is 0 Å². The highest BCUT2D eigenvalue weighted by Gasteiger charge is 2.06. The highest BCUT2D eigenvalue weighted by molar-refractivity contribution is 7.99. The molecule has 0 fully saturated rings. The number of hydrogen-bond donors (Lipinski definition) is 0. The SMILES string of the molecule is CCCCCCCCCCCCCCOC(=O)CCSCCC(=O)OCCCCCCCCCCCCCC.S.S. The molecular weight excluding hydrogens is 569 g/mol. The van der Waals surface area contributed by atoms with Crippen LogP contribution in [-0.4, -0.2) is 36.7 Å². The lowest BCUT2D eigenvalue weighted by Crippen LogP contribution is -2.09. The molecule has 0 unspecified atom stereocenters. The van der Waals surface area contributed by atoms with Crippen molar-refractivity contribution in [3.8, 4) is 0 Å². The molecule has 0 radical (unpaired) electrons. The molecule has 0 aliphatic heterocycles. The first-order valence-electron chi connectivity index (χ1n) is 17.1. The third-order valence-corrected chi connectivity index (χ3v) is 8.41. The fourth-order valence-electron chi connectivity index (χ4n) is 4.82. The first-order chi connectivity index (χ1) is 19.2. The second-order valence-corrected chi connectivity index (χ2v) is 12.6. The van der Waals surface area contributed by atoms with E-state index in [0.717, 1.165) is 25.7 Å². The molecule has 0 saturated carbocycles. The van der Waals surface area contributed by atoms with Crippen LogP contribution in [0.2, 0.25) is 0 Å². The summed E-state index contributed by atoms with van der Waals surface area (Å²) in [4.78, 5) is 23.7. The maximum Gasteiger partial charge on any atom is 0.306 e. The zero-order valence-electron chi connectivity index (χ0n) is 27.3. The van der Waals surface area contributed by atoms with E-state index in [1.165, 1.54) is 128 Å². The lowest BCUT2D eigenvalue weighted by molar-refractivity contribution is -0.144. The van der Waals surface area contributed by atoms with Gasteiger partial charge in [-0.2, -0.15) is 38.8 Å². The minimum Gasteiger partial charge on any atom is -0.466 e. The van der Waals surface area contributed by atoms with E-state index in [1.54, 1.807) is 11.8 Å². The molecule has 0 rings (SSSR count). The van der Waals surface area contributed by atoms with Crippen LogP contribution >= 0.6 is 38.8 Å². The predicted octanol–water partition coefficient (Wildman–Crippen LogP) is 11.2. The fraction of sp³-hybridized carbons (Fsp3) is 0.941. The van der Waals surface area contributed by atoms with Crippen LogP contribution in [0.25, 0.3) is 0 Å². The maximum absolute atomic E-state index is 11.9. The molecule has 0 aromatic carbocycles. The molecule has 0 bridgehead atoms. The summed E-state index contributed by atoms with van der Waals surface area (Å²) in [5.74, 6) is 1.20.